The van der Waals surface area contributed by atoms with Crippen molar-refractivity contribution >= 4 is 23.4 Å². The number of aromatic nitrogens is 1. The second kappa shape index (κ2) is 28.5. The van der Waals surface area contributed by atoms with Crippen molar-refractivity contribution in [2.24, 2.45) is 35.0 Å². The number of allylic oxidation sites excluding steroid dienone is 3. The molecule has 86 heavy (non-hydrogen) atoms. The number of aromatic amines is 1. The summed E-state index contributed by atoms with van der Waals surface area (Å²) in [5, 5.41) is 13.9. The highest BCUT2D eigenvalue weighted by molar-refractivity contribution is 5.83. The van der Waals surface area contributed by atoms with Gasteiger partial charge < -0.3 is 45.7 Å². The highest BCUT2D eigenvalue weighted by atomic mass is 19.1. The Morgan fingerprint density at radius 2 is 1.41 bits per heavy atom. The van der Waals surface area contributed by atoms with Gasteiger partial charge in [0.05, 0.1) is 24.8 Å². The van der Waals surface area contributed by atoms with Gasteiger partial charge in [-0.1, -0.05) is 61.0 Å². The standard InChI is InChI=1S/C69H112FN11O5/c1-45-16-18-51(19-17-45)29-54-31-59-63(50(6)49(54)5)68(7,8)43-81(59)62(82)42-79-36-47(3)74-34-58(79)39-76-26-14-15-53(38-76)65(83)71-24-12-11-13-25-72-67(85)61-41-77(27-28-86-61)40-57-33-73-46(2)35-78(57)37-48(4)80-44-69(9,10)64-60(80)32-55(66(84)75-64)30-52-20-22-56(70)23-21-52/h31-32,45-48,50-53,56-58,61,73-74H,5,11-30,33-44H2,1-4,6-10H3,(H,71,83)(H,72,85)(H,75,84)/t45?,46-,47-,48?,50?,51?,52?,53+,56?,57?,58?,61+/m1/s1. The molecule has 10 rings (SSSR count). The molecule has 9 aliphatic rings. The Kier molecular flexibility index (Phi) is 21.5. The molecule has 0 bridgehead atoms. The van der Waals surface area contributed by atoms with Gasteiger partial charge in [0.1, 0.15) is 12.3 Å². The van der Waals surface area contributed by atoms with Gasteiger partial charge in [-0.2, -0.15) is 0 Å². The summed E-state index contributed by atoms with van der Waals surface area (Å²) in [6.45, 7) is 37.8. The number of rotatable bonds is 21. The van der Waals surface area contributed by atoms with Gasteiger partial charge in [-0.05, 0) is 157 Å². The van der Waals surface area contributed by atoms with Gasteiger partial charge in [0.15, 0.2) is 0 Å². The number of alkyl halides is 1. The molecular weight excluding hydrogens is 1080 g/mol. The van der Waals surface area contributed by atoms with E-state index in [9.17, 15) is 23.6 Å². The summed E-state index contributed by atoms with van der Waals surface area (Å²) in [5.41, 5.74) is 7.79. The summed E-state index contributed by atoms with van der Waals surface area (Å²) in [6.07, 6.45) is 15.4. The molecule has 6 fully saturated rings. The van der Waals surface area contributed by atoms with Gasteiger partial charge in [0, 0.05) is 156 Å². The number of nitrogens with one attached hydrogen (secondary N) is 5. The number of ether oxygens (including phenoxy) is 1. The van der Waals surface area contributed by atoms with Gasteiger partial charge in [-0.25, -0.2) is 4.39 Å². The van der Waals surface area contributed by atoms with E-state index >= 15 is 0 Å². The van der Waals surface area contributed by atoms with Crippen LogP contribution in [0.3, 0.4) is 0 Å². The number of nitrogens with zero attached hydrogens (tertiary/aromatic N) is 6. The predicted molar refractivity (Wildman–Crippen MR) is 343 cm³/mol. The van der Waals surface area contributed by atoms with Gasteiger partial charge in [0.25, 0.3) is 5.56 Å². The molecule has 6 aliphatic heterocycles. The molecule has 5 N–H and O–H groups in total. The SMILES string of the molecule is C=C1C(CC2CCC(C)CC2)=CC2=C(C1C)C(C)(C)CN2C(=O)CN1C[C@@H](C)NCC1CN1CCC[C@H](C(=O)NCCCCCNC(=O)[C@@H]2CN(CC3CN[C@H](C)CN3CC(C)N3CC(C)(C)c4[nH]c(=O)c(CC5CCC(F)CC5)cc43)CCO2)C1. The summed E-state index contributed by atoms with van der Waals surface area (Å²) in [6, 6.07) is 3.46. The van der Waals surface area contributed by atoms with E-state index < -0.39 is 12.3 Å². The number of anilines is 1. The predicted octanol–water partition coefficient (Wildman–Crippen LogP) is 7.54. The second-order valence-electron chi connectivity index (χ2n) is 30.1. The Morgan fingerprint density at radius 3 is 2.12 bits per heavy atom. The molecule has 480 valence electrons. The van der Waals surface area contributed by atoms with Gasteiger partial charge in [0.2, 0.25) is 17.7 Å². The number of pyridine rings is 1. The normalized spacial score (nSPS) is 32.4. The Labute approximate surface area is 516 Å². The number of hydrogen-bond acceptors (Lipinski definition) is 12. The van der Waals surface area contributed by atoms with Crippen molar-refractivity contribution in [1.29, 1.82) is 0 Å². The van der Waals surface area contributed by atoms with Crippen LogP contribution in [0.5, 0.6) is 0 Å². The average Bonchev–Trinajstić information content (AvgIpc) is 1.75. The second-order valence-corrected chi connectivity index (χ2v) is 30.1. The lowest BCUT2D eigenvalue weighted by molar-refractivity contribution is -0.139. The highest BCUT2D eigenvalue weighted by Crippen LogP contribution is 2.51. The van der Waals surface area contributed by atoms with Crippen molar-refractivity contribution in [3.8, 4) is 0 Å². The van der Waals surface area contributed by atoms with Crippen molar-refractivity contribution in [1.82, 2.24) is 50.8 Å². The summed E-state index contributed by atoms with van der Waals surface area (Å²) < 4.78 is 20.0. The monoisotopic (exact) mass is 1190 g/mol. The van der Waals surface area contributed by atoms with Gasteiger partial charge >= 0.3 is 0 Å². The molecule has 0 spiro atoms. The third-order valence-corrected chi connectivity index (χ3v) is 21.9. The number of H-pyrrole nitrogens is 1. The lowest BCUT2D eigenvalue weighted by Gasteiger charge is -2.45. The lowest BCUT2D eigenvalue weighted by atomic mass is 9.70. The molecule has 3 aliphatic carbocycles. The zero-order valence-electron chi connectivity index (χ0n) is 54.5. The van der Waals surface area contributed by atoms with E-state index in [1.54, 1.807) is 0 Å². The Morgan fingerprint density at radius 1 is 0.767 bits per heavy atom. The molecule has 17 heteroatoms. The van der Waals surface area contributed by atoms with Crippen LogP contribution in [0.4, 0.5) is 10.1 Å². The topological polar surface area (TPSA) is 161 Å². The zero-order valence-corrected chi connectivity index (χ0v) is 54.5. The molecule has 0 aromatic carbocycles. The van der Waals surface area contributed by atoms with Crippen molar-refractivity contribution in [3.05, 3.63) is 62.7 Å². The first-order valence-electron chi connectivity index (χ1n) is 34.3. The number of piperidine rings is 1. The number of carbonyl (C=O) groups is 3. The van der Waals surface area contributed by atoms with Crippen LogP contribution in [-0.2, 0) is 31.0 Å². The minimum absolute atomic E-state index is 0.00545. The smallest absolute Gasteiger partial charge is 0.251 e. The molecule has 4 saturated heterocycles. The minimum Gasteiger partial charge on any atom is -0.366 e. The number of amides is 3. The molecule has 1 aromatic rings. The molecule has 8 atom stereocenters. The van der Waals surface area contributed by atoms with E-state index in [2.05, 4.69) is 137 Å². The first-order chi connectivity index (χ1) is 41.1. The number of piperazine rings is 2. The number of carbonyl (C=O) groups excluding carboxylic acids is 3. The first kappa shape index (κ1) is 65.0. The Bertz CT molecular complexity index is 2660. The van der Waals surface area contributed by atoms with Crippen LogP contribution in [0.2, 0.25) is 0 Å². The van der Waals surface area contributed by atoms with Crippen LogP contribution >= 0.6 is 0 Å². The molecule has 7 heterocycles. The van der Waals surface area contributed by atoms with Crippen LogP contribution < -0.4 is 31.7 Å². The van der Waals surface area contributed by atoms with Crippen LogP contribution in [0.25, 0.3) is 0 Å². The van der Waals surface area contributed by atoms with Crippen LogP contribution in [-0.4, -0.2) is 201 Å². The molecule has 3 amide bonds. The van der Waals surface area contributed by atoms with Gasteiger partial charge in [-0.15, -0.1) is 0 Å². The molecule has 1 aromatic heterocycles. The maximum absolute atomic E-state index is 14.6. The maximum atomic E-state index is 14.6. The minimum atomic E-state index is -0.707. The summed E-state index contributed by atoms with van der Waals surface area (Å²) in [5.74, 6) is 2.32. The molecule has 0 radical (unpaired) electrons. The molecule has 16 nitrogen and oxygen atoms in total. The van der Waals surface area contributed by atoms with Crippen molar-refractivity contribution in [2.45, 2.75) is 207 Å². The van der Waals surface area contributed by atoms with Crippen molar-refractivity contribution < 1.29 is 23.5 Å². The first-order valence-corrected chi connectivity index (χ1v) is 34.3. The van der Waals surface area contributed by atoms with E-state index in [0.29, 0.717) is 82.5 Å². The van der Waals surface area contributed by atoms with E-state index in [1.807, 2.05) is 0 Å². The number of fused-ring (bicyclic) bond motifs is 1. The molecule has 4 unspecified atom stereocenters. The largest absolute Gasteiger partial charge is 0.366 e. The number of hydrogen-bond donors (Lipinski definition) is 5. The Hall–Kier alpha value is -3.97. The van der Waals surface area contributed by atoms with E-state index in [1.165, 1.54) is 42.4 Å². The number of halogens is 1. The quantitative estimate of drug-likeness (QED) is 0.0772. The fourth-order valence-electron chi connectivity index (χ4n) is 16.8. The van der Waals surface area contributed by atoms with Crippen LogP contribution in [0, 0.1) is 35.0 Å². The third-order valence-electron chi connectivity index (χ3n) is 21.9. The van der Waals surface area contributed by atoms with Crippen LogP contribution in [0.15, 0.2) is 45.9 Å². The number of likely N-dealkylation sites (tertiary alicyclic amines) is 1. The fourth-order valence-corrected chi connectivity index (χ4v) is 16.8. The zero-order chi connectivity index (χ0) is 61.0. The van der Waals surface area contributed by atoms with E-state index in [-0.39, 0.29) is 64.1 Å². The highest BCUT2D eigenvalue weighted by Gasteiger charge is 2.46. The van der Waals surface area contributed by atoms with Gasteiger partial charge in [-0.3, -0.25) is 33.9 Å². The fraction of sp³-hybridized carbons (Fsp3) is 0.797. The lowest BCUT2D eigenvalue weighted by Crippen LogP contribution is -2.62. The van der Waals surface area contributed by atoms with Crippen LogP contribution in [0.1, 0.15) is 163 Å². The maximum Gasteiger partial charge on any atom is 0.251 e. The van der Waals surface area contributed by atoms with E-state index in [0.717, 1.165) is 152 Å². The third kappa shape index (κ3) is 15.8. The average molecular weight is 1190 g/mol. The molecule has 2 saturated carbocycles. The summed E-state index contributed by atoms with van der Waals surface area (Å²) in [4.78, 5) is 73.1. The van der Waals surface area contributed by atoms with E-state index in [4.69, 9.17) is 4.74 Å². The number of morpholine rings is 1. The van der Waals surface area contributed by atoms with Crippen molar-refractivity contribution in [2.75, 3.05) is 116 Å². The van der Waals surface area contributed by atoms with Crippen molar-refractivity contribution in [3.63, 3.8) is 0 Å². The molecular formula is C69H112FN11O5. The Balaban J connectivity index is 0.635. The summed E-state index contributed by atoms with van der Waals surface area (Å²) >= 11 is 0. The summed E-state index contributed by atoms with van der Waals surface area (Å²) in [7, 11) is 0. The number of unbranched alkanes of at least 4 members (excludes halogenated alkanes) is 2.